The first kappa shape index (κ1) is 22.2. The van der Waals surface area contributed by atoms with Crippen LogP contribution in [0.15, 0.2) is 24.7 Å². The molecule has 3 aromatic heterocycles. The van der Waals surface area contributed by atoms with Gasteiger partial charge in [-0.3, -0.25) is 4.79 Å². The highest BCUT2D eigenvalue weighted by molar-refractivity contribution is 6.31. The average molecular weight is 456 g/mol. The van der Waals surface area contributed by atoms with Crippen LogP contribution in [0.25, 0.3) is 22.4 Å². The number of nitrogens with zero attached hydrogens (tertiary/aromatic N) is 4. The number of nitriles is 1. The van der Waals surface area contributed by atoms with Gasteiger partial charge in [0.2, 0.25) is 5.91 Å². The molecule has 3 N–H and O–H groups in total. The first-order chi connectivity index (χ1) is 14.7. The molecule has 3 heterocycles. The largest absolute Gasteiger partial charge is 0.405 e. The first-order valence-corrected chi connectivity index (χ1v) is 9.19. The van der Waals surface area contributed by atoms with Crippen molar-refractivity contribution in [2.45, 2.75) is 25.1 Å². The number of aromatic amines is 1. The Balaban J connectivity index is 1.89. The molecule has 1 amide bonds. The van der Waals surface area contributed by atoms with E-state index in [2.05, 4.69) is 25.3 Å². The van der Waals surface area contributed by atoms with E-state index in [1.807, 2.05) is 0 Å². The standard InChI is InChI=1S/C18H14ClF4N7O/c19-9-4-10-11(6-26-14(10)25-5-9)15-27-7-12(20)16(30-15)29-13(2-1-3-24)17(31)28-8-18(21,22)23/h4-7,13H,1-2,8H2,(H,25,26)(H,28,31)(H,27,29,30)/t13-/m0/s1. The number of pyridine rings is 1. The highest BCUT2D eigenvalue weighted by Crippen LogP contribution is 2.28. The van der Waals surface area contributed by atoms with Gasteiger partial charge in [0.15, 0.2) is 17.5 Å². The normalized spacial score (nSPS) is 12.4. The van der Waals surface area contributed by atoms with E-state index in [0.29, 0.717) is 21.6 Å². The Bertz CT molecular complexity index is 1140. The number of nitrogens with one attached hydrogen (secondary N) is 3. The molecule has 8 nitrogen and oxygen atoms in total. The number of halogens is 5. The van der Waals surface area contributed by atoms with Crippen molar-refractivity contribution in [2.75, 3.05) is 11.9 Å². The highest BCUT2D eigenvalue weighted by atomic mass is 35.5. The zero-order chi connectivity index (χ0) is 22.6. The van der Waals surface area contributed by atoms with Crippen molar-refractivity contribution in [3.63, 3.8) is 0 Å². The van der Waals surface area contributed by atoms with Crippen LogP contribution in [0.1, 0.15) is 12.8 Å². The lowest BCUT2D eigenvalue weighted by Gasteiger charge is -2.19. The SMILES string of the molecule is N#CCC[C@H](Nc1nc(-c2c[nH]c3ncc(Cl)cc23)ncc1F)C(=O)NCC(F)(F)F. The Kier molecular flexibility index (Phi) is 6.55. The predicted molar refractivity (Wildman–Crippen MR) is 103 cm³/mol. The number of carbonyl (C=O) groups is 1. The van der Waals surface area contributed by atoms with E-state index in [-0.39, 0.29) is 18.7 Å². The second-order valence-electron chi connectivity index (χ2n) is 6.37. The van der Waals surface area contributed by atoms with Gasteiger partial charge in [-0.2, -0.15) is 18.4 Å². The summed E-state index contributed by atoms with van der Waals surface area (Å²) in [6.07, 6.45) is -1.10. The summed E-state index contributed by atoms with van der Waals surface area (Å²) in [5.74, 6) is -2.31. The van der Waals surface area contributed by atoms with Crippen LogP contribution in [0.2, 0.25) is 5.02 Å². The third-order valence-corrected chi connectivity index (χ3v) is 4.32. The fourth-order valence-electron chi connectivity index (χ4n) is 2.71. The first-order valence-electron chi connectivity index (χ1n) is 8.81. The molecule has 3 aromatic rings. The summed E-state index contributed by atoms with van der Waals surface area (Å²) in [7, 11) is 0. The molecular formula is C18H14ClF4N7O. The number of alkyl halides is 3. The maximum Gasteiger partial charge on any atom is 0.405 e. The van der Waals surface area contributed by atoms with E-state index in [1.165, 1.54) is 12.4 Å². The van der Waals surface area contributed by atoms with Crippen molar-refractivity contribution < 1.29 is 22.4 Å². The summed E-state index contributed by atoms with van der Waals surface area (Å²) in [4.78, 5) is 27.1. The van der Waals surface area contributed by atoms with Crippen molar-refractivity contribution in [3.8, 4) is 17.5 Å². The van der Waals surface area contributed by atoms with Crippen molar-refractivity contribution in [2.24, 2.45) is 0 Å². The molecule has 0 spiro atoms. The van der Waals surface area contributed by atoms with Crippen LogP contribution in [0.5, 0.6) is 0 Å². The van der Waals surface area contributed by atoms with Crippen molar-refractivity contribution >= 4 is 34.4 Å². The molecule has 0 fully saturated rings. The molecule has 31 heavy (non-hydrogen) atoms. The van der Waals surface area contributed by atoms with Crippen LogP contribution < -0.4 is 10.6 Å². The average Bonchev–Trinajstić information content (AvgIpc) is 3.13. The van der Waals surface area contributed by atoms with Gasteiger partial charge in [0.05, 0.1) is 17.3 Å². The molecule has 0 aliphatic carbocycles. The maximum atomic E-state index is 14.3. The van der Waals surface area contributed by atoms with Gasteiger partial charge in [-0.25, -0.2) is 19.3 Å². The smallest absolute Gasteiger partial charge is 0.356 e. The Morgan fingerprint density at radius 1 is 1.32 bits per heavy atom. The molecule has 0 aliphatic heterocycles. The van der Waals surface area contributed by atoms with Crippen LogP contribution in [0.3, 0.4) is 0 Å². The second kappa shape index (κ2) is 9.13. The Hall–Kier alpha value is -3.46. The molecule has 0 bridgehead atoms. The minimum Gasteiger partial charge on any atom is -0.356 e. The number of carbonyl (C=O) groups excluding carboxylic acids is 1. The number of hydrogen-bond acceptors (Lipinski definition) is 6. The van der Waals surface area contributed by atoms with E-state index >= 15 is 0 Å². The molecule has 162 valence electrons. The summed E-state index contributed by atoms with van der Waals surface area (Å²) < 4.78 is 51.5. The third kappa shape index (κ3) is 5.58. The topological polar surface area (TPSA) is 119 Å². The lowest BCUT2D eigenvalue weighted by molar-refractivity contribution is -0.138. The van der Waals surface area contributed by atoms with Crippen LogP contribution in [0, 0.1) is 17.1 Å². The summed E-state index contributed by atoms with van der Waals surface area (Å²) >= 11 is 5.97. The molecule has 0 saturated carbocycles. The summed E-state index contributed by atoms with van der Waals surface area (Å²) in [6.45, 7) is -1.56. The van der Waals surface area contributed by atoms with Gasteiger partial charge in [0.25, 0.3) is 0 Å². The zero-order valence-electron chi connectivity index (χ0n) is 15.6. The molecule has 0 aliphatic rings. The fourth-order valence-corrected chi connectivity index (χ4v) is 2.87. The molecule has 13 heteroatoms. The Morgan fingerprint density at radius 3 is 2.81 bits per heavy atom. The quantitative estimate of drug-likeness (QED) is 0.468. The number of rotatable bonds is 7. The third-order valence-electron chi connectivity index (χ3n) is 4.12. The highest BCUT2D eigenvalue weighted by Gasteiger charge is 2.30. The Labute approximate surface area is 177 Å². The van der Waals surface area contributed by atoms with Gasteiger partial charge >= 0.3 is 6.18 Å². The summed E-state index contributed by atoms with van der Waals surface area (Å²) in [5, 5.41) is 13.9. The number of anilines is 1. The maximum absolute atomic E-state index is 14.3. The number of amides is 1. The van der Waals surface area contributed by atoms with Gasteiger partial charge in [0.1, 0.15) is 18.2 Å². The molecule has 0 radical (unpaired) electrons. The molecule has 1 atom stereocenters. The monoisotopic (exact) mass is 455 g/mol. The number of fused-ring (bicyclic) bond motifs is 1. The molecule has 0 aromatic carbocycles. The fraction of sp³-hybridized carbons (Fsp3) is 0.278. The van der Waals surface area contributed by atoms with Gasteiger partial charge in [-0.1, -0.05) is 11.6 Å². The lowest BCUT2D eigenvalue weighted by atomic mass is 10.1. The van der Waals surface area contributed by atoms with E-state index in [1.54, 1.807) is 17.5 Å². The molecule has 0 unspecified atom stereocenters. The second-order valence-corrected chi connectivity index (χ2v) is 6.81. The number of aromatic nitrogens is 4. The van der Waals surface area contributed by atoms with Crippen molar-refractivity contribution in [1.29, 1.82) is 5.26 Å². The van der Waals surface area contributed by atoms with E-state index in [9.17, 15) is 22.4 Å². The number of H-pyrrole nitrogens is 1. The van der Waals surface area contributed by atoms with E-state index in [0.717, 1.165) is 6.20 Å². The minimum absolute atomic E-state index is 0.0638. The van der Waals surface area contributed by atoms with Crippen LogP contribution in [-0.2, 0) is 4.79 Å². The predicted octanol–water partition coefficient (Wildman–Crippen LogP) is 3.58. The van der Waals surface area contributed by atoms with E-state index < -0.39 is 36.3 Å². The van der Waals surface area contributed by atoms with Crippen molar-refractivity contribution in [3.05, 3.63) is 35.5 Å². The Morgan fingerprint density at radius 2 is 2.10 bits per heavy atom. The lowest BCUT2D eigenvalue weighted by Crippen LogP contribution is -2.43. The van der Waals surface area contributed by atoms with Gasteiger partial charge in [-0.05, 0) is 12.5 Å². The molecular weight excluding hydrogens is 442 g/mol. The van der Waals surface area contributed by atoms with Gasteiger partial charge in [-0.15, -0.1) is 0 Å². The zero-order valence-corrected chi connectivity index (χ0v) is 16.4. The van der Waals surface area contributed by atoms with Gasteiger partial charge in [0, 0.05) is 29.8 Å². The number of hydrogen-bond donors (Lipinski definition) is 3. The van der Waals surface area contributed by atoms with Crippen LogP contribution in [-0.4, -0.2) is 44.6 Å². The van der Waals surface area contributed by atoms with Gasteiger partial charge < -0.3 is 15.6 Å². The molecule has 3 rings (SSSR count). The molecule has 0 saturated heterocycles. The summed E-state index contributed by atoms with van der Waals surface area (Å²) in [6, 6.07) is 2.08. The van der Waals surface area contributed by atoms with Crippen molar-refractivity contribution in [1.82, 2.24) is 25.3 Å². The van der Waals surface area contributed by atoms with E-state index in [4.69, 9.17) is 16.9 Å². The minimum atomic E-state index is -4.62. The summed E-state index contributed by atoms with van der Waals surface area (Å²) in [5.41, 5.74) is 0.934. The van der Waals surface area contributed by atoms with Crippen LogP contribution in [0.4, 0.5) is 23.4 Å². The van der Waals surface area contributed by atoms with Crippen LogP contribution >= 0.6 is 11.6 Å².